The number of thiol groups is 1. The lowest BCUT2D eigenvalue weighted by Gasteiger charge is -2.36. The fraction of sp³-hybridized carbons (Fsp3) is 0.429. The highest BCUT2D eigenvalue weighted by molar-refractivity contribution is 7.70. The molecule has 1 aliphatic heterocycles. The normalized spacial score (nSPS) is 24.0. The molecule has 0 aliphatic carbocycles. The van der Waals surface area contributed by atoms with E-state index in [1.165, 1.54) is 16.5 Å². The van der Waals surface area contributed by atoms with Crippen LogP contribution in [0, 0.1) is 0 Å². The summed E-state index contributed by atoms with van der Waals surface area (Å²) in [4.78, 5) is 0. The molecule has 1 saturated heterocycles. The molecule has 0 aromatic carbocycles. The molecule has 1 rings (SSSR count). The van der Waals surface area contributed by atoms with E-state index >= 15 is 0 Å². The third kappa shape index (κ3) is 4.54. The van der Waals surface area contributed by atoms with Gasteiger partial charge < -0.3 is 9.84 Å². The van der Waals surface area contributed by atoms with E-state index in [-0.39, 0.29) is 6.54 Å². The molecule has 1 aliphatic rings. The molecule has 0 aromatic heterocycles. The van der Waals surface area contributed by atoms with Gasteiger partial charge in [-0.25, -0.2) is 8.42 Å². The molecule has 112 valence electrons. The molecule has 0 aromatic rings. The van der Waals surface area contributed by atoms with Crippen molar-refractivity contribution in [1.82, 2.24) is 4.31 Å². The van der Waals surface area contributed by atoms with Crippen LogP contribution in [0.3, 0.4) is 0 Å². The number of hydrogen-bond donors (Lipinski definition) is 2. The second kappa shape index (κ2) is 6.76. The Morgan fingerprint density at radius 1 is 1.40 bits per heavy atom. The summed E-state index contributed by atoms with van der Waals surface area (Å²) in [6, 6.07) is 0. The third-order valence-corrected chi connectivity index (χ3v) is 3.44. The summed E-state index contributed by atoms with van der Waals surface area (Å²) in [5.41, 5.74) is -0.521. The van der Waals surface area contributed by atoms with Crippen LogP contribution in [0.5, 0.6) is 0 Å². The van der Waals surface area contributed by atoms with Crippen molar-refractivity contribution in [2.45, 2.75) is 32.0 Å². The quantitative estimate of drug-likeness (QED) is 0.755. The first-order valence-corrected chi connectivity index (χ1v) is 7.38. The standard InChI is InChI=1S/C14H21NO4S/c1-5-7-12-13(8-6-2)19-11(9-14(3,4)16)10-15(12)20(17)18/h5-8,11,16,20H,1-2,9-10H2,3-4H3/b12-7+,13-8+. The van der Waals surface area contributed by atoms with Gasteiger partial charge in [-0.15, -0.1) is 0 Å². The Labute approximate surface area is 121 Å². The van der Waals surface area contributed by atoms with E-state index in [1.807, 2.05) is 0 Å². The lowest BCUT2D eigenvalue weighted by Crippen LogP contribution is -2.42. The number of allylic oxidation sites excluding steroid dienone is 4. The van der Waals surface area contributed by atoms with Gasteiger partial charge in [0.1, 0.15) is 11.9 Å². The average molecular weight is 299 g/mol. The van der Waals surface area contributed by atoms with E-state index < -0.39 is 22.6 Å². The van der Waals surface area contributed by atoms with Crippen LogP contribution < -0.4 is 0 Å². The molecule has 0 radical (unpaired) electrons. The van der Waals surface area contributed by atoms with Gasteiger partial charge in [-0.2, -0.15) is 0 Å². The minimum absolute atomic E-state index is 0.164. The zero-order valence-electron chi connectivity index (χ0n) is 11.8. The molecule has 1 N–H and O–H groups in total. The Morgan fingerprint density at radius 2 is 2.00 bits per heavy atom. The number of morpholine rings is 1. The summed E-state index contributed by atoms with van der Waals surface area (Å²) in [6.07, 6.45) is 6.09. The second-order valence-corrected chi connectivity index (χ2v) is 6.09. The molecule has 0 spiro atoms. The van der Waals surface area contributed by atoms with Gasteiger partial charge in [0.15, 0.2) is 0 Å². The Bertz CT molecular complexity index is 504. The number of nitrogens with zero attached hydrogens (tertiary/aromatic N) is 1. The summed E-state index contributed by atoms with van der Waals surface area (Å²) >= 11 is 0. The monoisotopic (exact) mass is 299 g/mol. The molecular weight excluding hydrogens is 278 g/mol. The van der Waals surface area contributed by atoms with Gasteiger partial charge in [0, 0.05) is 6.42 Å². The maximum absolute atomic E-state index is 11.4. The van der Waals surface area contributed by atoms with Gasteiger partial charge in [0.25, 0.3) is 0 Å². The molecule has 1 fully saturated rings. The molecule has 1 atom stereocenters. The van der Waals surface area contributed by atoms with E-state index in [4.69, 9.17) is 4.74 Å². The molecular formula is C14H21NO4S. The molecule has 0 bridgehead atoms. The Morgan fingerprint density at radius 3 is 2.45 bits per heavy atom. The molecule has 1 unspecified atom stereocenters. The van der Waals surface area contributed by atoms with Crippen molar-refractivity contribution in [3.05, 3.63) is 48.9 Å². The maximum Gasteiger partial charge on any atom is 0.225 e. The number of aliphatic hydroxyl groups is 1. The molecule has 5 nitrogen and oxygen atoms in total. The van der Waals surface area contributed by atoms with E-state index in [2.05, 4.69) is 13.2 Å². The van der Waals surface area contributed by atoms with E-state index in [0.29, 0.717) is 17.9 Å². The topological polar surface area (TPSA) is 66.8 Å². The Balaban J connectivity index is 3.14. The van der Waals surface area contributed by atoms with Gasteiger partial charge in [0.05, 0.1) is 17.8 Å². The summed E-state index contributed by atoms with van der Waals surface area (Å²) < 4.78 is 29.8. The van der Waals surface area contributed by atoms with Gasteiger partial charge >= 0.3 is 0 Å². The zero-order chi connectivity index (χ0) is 15.3. The fourth-order valence-corrected chi connectivity index (χ4v) is 2.68. The highest BCUT2D eigenvalue weighted by Gasteiger charge is 2.32. The first kappa shape index (κ1) is 16.5. The summed E-state index contributed by atoms with van der Waals surface area (Å²) in [6.45, 7) is 10.6. The second-order valence-electron chi connectivity index (χ2n) is 5.13. The van der Waals surface area contributed by atoms with Crippen LogP contribution in [0.1, 0.15) is 20.3 Å². The Hall–Kier alpha value is -1.53. The SMILES string of the molecule is C=C/C=C1/OC(CC(C)(C)O)CN([SH](=O)=O)/C1=C/C=C. The number of hydrogen-bond acceptors (Lipinski definition) is 4. The van der Waals surface area contributed by atoms with Crippen molar-refractivity contribution in [1.29, 1.82) is 0 Å². The fourth-order valence-electron chi connectivity index (χ4n) is 2.03. The van der Waals surface area contributed by atoms with Crippen LogP contribution >= 0.6 is 0 Å². The van der Waals surface area contributed by atoms with E-state index in [1.54, 1.807) is 26.0 Å². The third-order valence-electron chi connectivity index (χ3n) is 2.67. The highest BCUT2D eigenvalue weighted by atomic mass is 32.2. The molecule has 20 heavy (non-hydrogen) atoms. The average Bonchev–Trinajstić information content (AvgIpc) is 2.30. The first-order valence-electron chi connectivity index (χ1n) is 6.25. The van der Waals surface area contributed by atoms with Crippen LogP contribution in [0.25, 0.3) is 0 Å². The first-order chi connectivity index (χ1) is 9.28. The maximum atomic E-state index is 11.4. The summed E-state index contributed by atoms with van der Waals surface area (Å²) in [5, 5.41) is 9.86. The van der Waals surface area contributed by atoms with Crippen LogP contribution in [-0.2, 0) is 15.6 Å². The molecule has 6 heteroatoms. The van der Waals surface area contributed by atoms with Crippen LogP contribution in [0.15, 0.2) is 48.9 Å². The van der Waals surface area contributed by atoms with Crippen molar-refractivity contribution in [3.63, 3.8) is 0 Å². The van der Waals surface area contributed by atoms with E-state index in [9.17, 15) is 13.5 Å². The Kier molecular flexibility index (Phi) is 5.59. The molecule has 0 amide bonds. The van der Waals surface area contributed by atoms with Crippen LogP contribution in [-0.4, -0.2) is 36.1 Å². The van der Waals surface area contributed by atoms with Crippen LogP contribution in [0.2, 0.25) is 0 Å². The van der Waals surface area contributed by atoms with Crippen molar-refractivity contribution >= 4 is 10.9 Å². The largest absolute Gasteiger partial charge is 0.486 e. The van der Waals surface area contributed by atoms with E-state index in [0.717, 1.165) is 0 Å². The van der Waals surface area contributed by atoms with Gasteiger partial charge in [-0.05, 0) is 26.0 Å². The van der Waals surface area contributed by atoms with Crippen molar-refractivity contribution in [2.75, 3.05) is 6.54 Å². The van der Waals surface area contributed by atoms with Crippen molar-refractivity contribution < 1.29 is 18.3 Å². The lowest BCUT2D eigenvalue weighted by molar-refractivity contribution is -0.0104. The molecule has 0 saturated carbocycles. The van der Waals surface area contributed by atoms with Gasteiger partial charge in [-0.1, -0.05) is 25.3 Å². The number of ether oxygens (including phenoxy) is 1. The molecule has 1 heterocycles. The lowest BCUT2D eigenvalue weighted by atomic mass is 10.00. The van der Waals surface area contributed by atoms with Crippen molar-refractivity contribution in [2.24, 2.45) is 0 Å². The zero-order valence-corrected chi connectivity index (χ0v) is 12.7. The number of rotatable bonds is 5. The minimum atomic E-state index is -2.79. The predicted molar refractivity (Wildman–Crippen MR) is 79.4 cm³/mol. The summed E-state index contributed by atoms with van der Waals surface area (Å²) in [5.74, 6) is 0.402. The smallest absolute Gasteiger partial charge is 0.225 e. The predicted octanol–water partition coefficient (Wildman–Crippen LogP) is 1.51. The van der Waals surface area contributed by atoms with Crippen molar-refractivity contribution in [3.8, 4) is 0 Å². The summed E-state index contributed by atoms with van der Waals surface area (Å²) in [7, 11) is -2.79. The minimum Gasteiger partial charge on any atom is -0.486 e. The van der Waals surface area contributed by atoms with Gasteiger partial charge in [0.2, 0.25) is 10.9 Å². The van der Waals surface area contributed by atoms with Crippen LogP contribution in [0.4, 0.5) is 0 Å². The van der Waals surface area contributed by atoms with Gasteiger partial charge in [-0.3, -0.25) is 4.31 Å². The highest BCUT2D eigenvalue weighted by Crippen LogP contribution is 2.29.